The zero-order chi connectivity index (χ0) is 17.4. The van der Waals surface area contributed by atoms with E-state index in [4.69, 9.17) is 4.74 Å². The summed E-state index contributed by atoms with van der Waals surface area (Å²) >= 11 is 0. The Morgan fingerprint density at radius 2 is 1.96 bits per heavy atom. The van der Waals surface area contributed by atoms with Gasteiger partial charge in [0.25, 0.3) is 5.91 Å². The molecule has 0 bridgehead atoms. The van der Waals surface area contributed by atoms with Gasteiger partial charge in [-0.25, -0.2) is 0 Å². The molecule has 3 heterocycles. The van der Waals surface area contributed by atoms with Gasteiger partial charge in [-0.05, 0) is 47.7 Å². The van der Waals surface area contributed by atoms with E-state index >= 15 is 0 Å². The number of aryl methyl sites for hydroxylation is 1. The number of hydrogen-bond donors (Lipinski definition) is 0. The van der Waals surface area contributed by atoms with Gasteiger partial charge >= 0.3 is 0 Å². The van der Waals surface area contributed by atoms with Crippen LogP contribution in [0.15, 0.2) is 0 Å². The first kappa shape index (κ1) is 17.4. The van der Waals surface area contributed by atoms with Crippen molar-refractivity contribution in [3.8, 4) is 0 Å². The molecule has 3 rings (SSSR count). The van der Waals surface area contributed by atoms with Gasteiger partial charge in [0.05, 0.1) is 17.9 Å². The summed E-state index contributed by atoms with van der Waals surface area (Å²) in [7, 11) is 4.24. The van der Waals surface area contributed by atoms with Gasteiger partial charge in [-0.3, -0.25) is 9.48 Å². The van der Waals surface area contributed by atoms with Crippen LogP contribution in [0.25, 0.3) is 0 Å². The van der Waals surface area contributed by atoms with Gasteiger partial charge in [0.2, 0.25) is 0 Å². The fourth-order valence-electron chi connectivity index (χ4n) is 4.00. The summed E-state index contributed by atoms with van der Waals surface area (Å²) < 4.78 is 7.76. The number of piperidine rings is 1. The van der Waals surface area contributed by atoms with Crippen molar-refractivity contribution in [1.29, 1.82) is 0 Å². The van der Waals surface area contributed by atoms with E-state index in [9.17, 15) is 4.79 Å². The summed E-state index contributed by atoms with van der Waals surface area (Å²) in [5.41, 5.74) is 2.84. The van der Waals surface area contributed by atoms with Crippen molar-refractivity contribution in [3.05, 3.63) is 17.0 Å². The highest BCUT2D eigenvalue weighted by molar-refractivity contribution is 5.94. The molecule has 2 aliphatic heterocycles. The van der Waals surface area contributed by atoms with E-state index in [0.717, 1.165) is 49.3 Å². The molecule has 0 aromatic carbocycles. The lowest BCUT2D eigenvalue weighted by atomic mass is 9.98. The number of aromatic nitrogens is 2. The molecule has 0 unspecified atom stereocenters. The van der Waals surface area contributed by atoms with E-state index in [1.807, 2.05) is 23.4 Å². The largest absolute Gasteiger partial charge is 0.369 e. The van der Waals surface area contributed by atoms with Crippen LogP contribution >= 0.6 is 0 Å². The number of ether oxygens (including phenoxy) is 1. The maximum Gasteiger partial charge on any atom is 0.272 e. The summed E-state index contributed by atoms with van der Waals surface area (Å²) in [5.74, 6) is 0.143. The topological polar surface area (TPSA) is 50.6 Å². The van der Waals surface area contributed by atoms with Gasteiger partial charge in [0, 0.05) is 37.7 Å². The van der Waals surface area contributed by atoms with Crippen molar-refractivity contribution >= 4 is 5.91 Å². The number of rotatable bonds is 3. The van der Waals surface area contributed by atoms with Gasteiger partial charge in [-0.15, -0.1) is 0 Å². The third-order valence-corrected chi connectivity index (χ3v) is 5.38. The van der Waals surface area contributed by atoms with E-state index in [1.165, 1.54) is 0 Å². The number of hydrogen-bond acceptors (Lipinski definition) is 4. The summed E-state index contributed by atoms with van der Waals surface area (Å²) in [4.78, 5) is 17.5. The Kier molecular flexibility index (Phi) is 4.97. The second kappa shape index (κ2) is 6.84. The lowest BCUT2D eigenvalue weighted by Gasteiger charge is -2.35. The highest BCUT2D eigenvalue weighted by Crippen LogP contribution is 2.32. The van der Waals surface area contributed by atoms with Gasteiger partial charge in [0.1, 0.15) is 5.69 Å². The molecule has 1 amide bonds. The van der Waals surface area contributed by atoms with Gasteiger partial charge in [-0.2, -0.15) is 5.10 Å². The molecule has 0 spiro atoms. The Hall–Kier alpha value is -1.40. The quantitative estimate of drug-likeness (QED) is 0.849. The normalized spacial score (nSPS) is 25.2. The second-order valence-electron chi connectivity index (χ2n) is 7.31. The average molecular weight is 334 g/mol. The van der Waals surface area contributed by atoms with E-state index in [-0.39, 0.29) is 18.1 Å². The highest BCUT2D eigenvalue weighted by atomic mass is 16.5. The average Bonchev–Trinajstić information content (AvgIpc) is 2.93. The SMILES string of the molecule is CCn1nc2c(c1C(=O)N1CCC(N(C)C)CC1)C[C@H](C)O[C@@H]2C. The van der Waals surface area contributed by atoms with Crippen molar-refractivity contribution < 1.29 is 9.53 Å². The molecule has 1 aromatic rings. The summed E-state index contributed by atoms with van der Waals surface area (Å²) in [6.07, 6.45) is 2.94. The van der Waals surface area contributed by atoms with Gasteiger partial charge in [0.15, 0.2) is 0 Å². The van der Waals surface area contributed by atoms with E-state index in [0.29, 0.717) is 12.6 Å². The molecule has 1 saturated heterocycles. The van der Waals surface area contributed by atoms with Crippen LogP contribution in [0.3, 0.4) is 0 Å². The molecule has 0 radical (unpaired) electrons. The zero-order valence-electron chi connectivity index (χ0n) is 15.6. The maximum atomic E-state index is 13.2. The number of fused-ring (bicyclic) bond motifs is 1. The minimum absolute atomic E-state index is 0.0393. The molecule has 1 fully saturated rings. The second-order valence-corrected chi connectivity index (χ2v) is 7.31. The zero-order valence-corrected chi connectivity index (χ0v) is 15.6. The molecular formula is C18H30N4O2. The van der Waals surface area contributed by atoms with Gasteiger partial charge < -0.3 is 14.5 Å². The predicted molar refractivity (Wildman–Crippen MR) is 93.2 cm³/mol. The smallest absolute Gasteiger partial charge is 0.272 e. The first-order chi connectivity index (χ1) is 11.4. The molecule has 2 aliphatic rings. The molecule has 0 aliphatic carbocycles. The van der Waals surface area contributed by atoms with E-state index in [1.54, 1.807) is 0 Å². The molecule has 6 nitrogen and oxygen atoms in total. The van der Waals surface area contributed by atoms with Crippen LogP contribution in [0.4, 0.5) is 0 Å². The van der Waals surface area contributed by atoms with Crippen LogP contribution in [0.5, 0.6) is 0 Å². The van der Waals surface area contributed by atoms with Crippen LogP contribution in [-0.2, 0) is 17.7 Å². The first-order valence-electron chi connectivity index (χ1n) is 9.13. The molecule has 1 aromatic heterocycles. The molecule has 134 valence electrons. The summed E-state index contributed by atoms with van der Waals surface area (Å²) in [6, 6.07) is 0.576. The lowest BCUT2D eigenvalue weighted by molar-refractivity contribution is -0.00717. The summed E-state index contributed by atoms with van der Waals surface area (Å²) in [5, 5.41) is 4.68. The predicted octanol–water partition coefficient (Wildman–Crippen LogP) is 2.09. The molecule has 0 N–H and O–H groups in total. The van der Waals surface area contributed by atoms with Crippen LogP contribution in [-0.4, -0.2) is 64.8 Å². The molecule has 0 saturated carbocycles. The Morgan fingerprint density at radius 3 is 2.54 bits per heavy atom. The minimum Gasteiger partial charge on any atom is -0.369 e. The van der Waals surface area contributed by atoms with Gasteiger partial charge in [-0.1, -0.05) is 0 Å². The molecule has 6 heteroatoms. The highest BCUT2D eigenvalue weighted by Gasteiger charge is 2.34. The minimum atomic E-state index is -0.0393. The number of nitrogens with zero attached hydrogens (tertiary/aromatic N) is 4. The lowest BCUT2D eigenvalue weighted by Crippen LogP contribution is -2.45. The first-order valence-corrected chi connectivity index (χ1v) is 9.13. The molecule has 2 atom stereocenters. The number of carbonyl (C=O) groups is 1. The van der Waals surface area contributed by atoms with Crippen molar-refractivity contribution in [2.45, 2.75) is 64.8 Å². The third kappa shape index (κ3) is 3.09. The fraction of sp³-hybridized carbons (Fsp3) is 0.778. The monoisotopic (exact) mass is 334 g/mol. The van der Waals surface area contributed by atoms with Crippen molar-refractivity contribution in [1.82, 2.24) is 19.6 Å². The standard InChI is InChI=1S/C18H30N4O2/c1-6-22-17(15-11-12(2)24-13(3)16(15)19-22)18(23)21-9-7-14(8-10-21)20(4)5/h12-14H,6-11H2,1-5H3/t12-,13+/m0/s1. The van der Waals surface area contributed by atoms with Crippen molar-refractivity contribution in [2.75, 3.05) is 27.2 Å². The summed E-state index contributed by atoms with van der Waals surface area (Å²) in [6.45, 7) is 8.50. The fourth-order valence-corrected chi connectivity index (χ4v) is 4.00. The maximum absolute atomic E-state index is 13.2. The Morgan fingerprint density at radius 1 is 1.29 bits per heavy atom. The van der Waals surface area contributed by atoms with E-state index in [2.05, 4.69) is 31.0 Å². The molecule has 24 heavy (non-hydrogen) atoms. The van der Waals surface area contributed by atoms with Crippen LogP contribution in [0.1, 0.15) is 61.5 Å². The third-order valence-electron chi connectivity index (χ3n) is 5.38. The number of carbonyl (C=O) groups excluding carboxylic acids is 1. The Bertz CT molecular complexity index is 602. The van der Waals surface area contributed by atoms with E-state index < -0.39 is 0 Å². The Balaban J connectivity index is 1.85. The van der Waals surface area contributed by atoms with Crippen LogP contribution < -0.4 is 0 Å². The number of likely N-dealkylation sites (tertiary alicyclic amines) is 1. The van der Waals surface area contributed by atoms with Crippen molar-refractivity contribution in [2.24, 2.45) is 0 Å². The van der Waals surface area contributed by atoms with Crippen molar-refractivity contribution in [3.63, 3.8) is 0 Å². The molecular weight excluding hydrogens is 304 g/mol. The Labute approximate surface area is 144 Å². The van der Waals surface area contributed by atoms with Crippen LogP contribution in [0.2, 0.25) is 0 Å². The van der Waals surface area contributed by atoms with Crippen LogP contribution in [0, 0.1) is 0 Å². The number of amides is 1.